The van der Waals surface area contributed by atoms with E-state index in [1.165, 1.54) is 37.1 Å². The SMILES string of the molecule is COc1cc(/C=N/NC(=O)c2c(O)c3ccccc3n(C)c2=O)ccc1O. The number of methoxy groups -OCH3 is 1. The van der Waals surface area contributed by atoms with Crippen molar-refractivity contribution < 1.29 is 19.7 Å². The predicted octanol–water partition coefficient (Wildman–Crippen LogP) is 1.72. The van der Waals surface area contributed by atoms with Crippen LogP contribution in [0.4, 0.5) is 0 Å². The third kappa shape index (κ3) is 3.32. The number of carbonyl (C=O) groups is 1. The largest absolute Gasteiger partial charge is 0.506 e. The van der Waals surface area contributed by atoms with Crippen LogP contribution in [0.5, 0.6) is 17.2 Å². The van der Waals surface area contributed by atoms with Gasteiger partial charge in [0.15, 0.2) is 11.5 Å². The quantitative estimate of drug-likeness (QED) is 0.480. The van der Waals surface area contributed by atoms with Gasteiger partial charge in [0, 0.05) is 12.4 Å². The number of nitrogens with zero attached hydrogens (tertiary/aromatic N) is 2. The van der Waals surface area contributed by atoms with Crippen molar-refractivity contribution in [2.45, 2.75) is 0 Å². The molecule has 2 aromatic carbocycles. The summed E-state index contributed by atoms with van der Waals surface area (Å²) < 4.78 is 6.28. The van der Waals surface area contributed by atoms with Crippen molar-refractivity contribution in [3.05, 3.63) is 63.9 Å². The van der Waals surface area contributed by atoms with Gasteiger partial charge >= 0.3 is 0 Å². The normalized spacial score (nSPS) is 11.0. The average molecular weight is 367 g/mol. The summed E-state index contributed by atoms with van der Waals surface area (Å²) in [6.45, 7) is 0. The molecule has 1 aromatic heterocycles. The second-order valence-electron chi connectivity index (χ2n) is 5.74. The van der Waals surface area contributed by atoms with Crippen LogP contribution >= 0.6 is 0 Å². The number of phenolic OH excluding ortho intramolecular Hbond substituents is 1. The van der Waals surface area contributed by atoms with E-state index in [2.05, 4.69) is 10.5 Å². The number of fused-ring (bicyclic) bond motifs is 1. The van der Waals surface area contributed by atoms with Gasteiger partial charge in [-0.2, -0.15) is 5.10 Å². The monoisotopic (exact) mass is 367 g/mol. The zero-order valence-electron chi connectivity index (χ0n) is 14.6. The molecule has 0 bridgehead atoms. The van der Waals surface area contributed by atoms with E-state index in [1.54, 1.807) is 30.3 Å². The van der Waals surface area contributed by atoms with E-state index in [0.29, 0.717) is 16.5 Å². The van der Waals surface area contributed by atoms with Crippen molar-refractivity contribution in [1.29, 1.82) is 0 Å². The number of para-hydroxylation sites is 1. The number of phenols is 1. The van der Waals surface area contributed by atoms with Gasteiger partial charge in [0.1, 0.15) is 11.3 Å². The molecule has 8 heteroatoms. The Morgan fingerprint density at radius 2 is 1.96 bits per heavy atom. The summed E-state index contributed by atoms with van der Waals surface area (Å²) in [5.74, 6) is -0.997. The van der Waals surface area contributed by atoms with Crippen LogP contribution in [0.3, 0.4) is 0 Å². The minimum atomic E-state index is -0.833. The number of carbonyl (C=O) groups excluding carboxylic acids is 1. The number of rotatable bonds is 4. The number of aryl methyl sites for hydroxylation is 1. The van der Waals surface area contributed by atoms with Crippen molar-refractivity contribution in [1.82, 2.24) is 9.99 Å². The highest BCUT2D eigenvalue weighted by Crippen LogP contribution is 2.26. The first-order valence-electron chi connectivity index (χ1n) is 7.95. The first-order valence-corrected chi connectivity index (χ1v) is 7.95. The number of aromatic hydroxyl groups is 2. The van der Waals surface area contributed by atoms with E-state index in [-0.39, 0.29) is 11.5 Å². The van der Waals surface area contributed by atoms with Crippen LogP contribution in [0.2, 0.25) is 0 Å². The van der Waals surface area contributed by atoms with Crippen molar-refractivity contribution in [3.8, 4) is 17.2 Å². The third-order valence-corrected chi connectivity index (χ3v) is 4.09. The standard InChI is InChI=1S/C19H17N3O5/c1-22-13-6-4-3-5-12(13)17(24)16(19(22)26)18(25)21-20-10-11-7-8-14(23)15(9-11)27-2/h3-10,23-24H,1-2H3,(H,21,25)/b20-10+. The molecule has 0 saturated carbocycles. The summed E-state index contributed by atoms with van der Waals surface area (Å²) in [4.78, 5) is 24.8. The van der Waals surface area contributed by atoms with Crippen molar-refractivity contribution in [3.63, 3.8) is 0 Å². The number of nitrogens with one attached hydrogen (secondary N) is 1. The fourth-order valence-electron chi connectivity index (χ4n) is 2.68. The lowest BCUT2D eigenvalue weighted by molar-refractivity contribution is 0.0950. The second kappa shape index (κ2) is 7.20. The first-order chi connectivity index (χ1) is 12.9. The Labute approximate surface area is 153 Å². The highest BCUT2D eigenvalue weighted by Gasteiger charge is 2.20. The summed E-state index contributed by atoms with van der Waals surface area (Å²) in [6.07, 6.45) is 1.32. The van der Waals surface area contributed by atoms with E-state index < -0.39 is 22.8 Å². The number of hydrogen-bond acceptors (Lipinski definition) is 6. The Morgan fingerprint density at radius 3 is 2.70 bits per heavy atom. The molecule has 27 heavy (non-hydrogen) atoms. The van der Waals surface area contributed by atoms with Crippen LogP contribution in [0.25, 0.3) is 10.9 Å². The smallest absolute Gasteiger partial charge is 0.280 e. The minimum Gasteiger partial charge on any atom is -0.506 e. The van der Waals surface area contributed by atoms with E-state index in [4.69, 9.17) is 4.74 Å². The summed E-state index contributed by atoms with van der Waals surface area (Å²) >= 11 is 0. The van der Waals surface area contributed by atoms with Crippen LogP contribution in [0.1, 0.15) is 15.9 Å². The molecule has 0 saturated heterocycles. The Kier molecular flexibility index (Phi) is 4.80. The van der Waals surface area contributed by atoms with E-state index in [0.717, 1.165) is 0 Å². The average Bonchev–Trinajstić information content (AvgIpc) is 2.67. The fraction of sp³-hybridized carbons (Fsp3) is 0.105. The van der Waals surface area contributed by atoms with Crippen molar-refractivity contribution >= 4 is 23.0 Å². The molecule has 0 fully saturated rings. The molecule has 1 heterocycles. The molecule has 0 unspecified atom stereocenters. The van der Waals surface area contributed by atoms with Gasteiger partial charge in [0.2, 0.25) is 0 Å². The van der Waals surface area contributed by atoms with E-state index in [1.807, 2.05) is 0 Å². The van der Waals surface area contributed by atoms with Gasteiger partial charge in [0.25, 0.3) is 11.5 Å². The van der Waals surface area contributed by atoms with Crippen molar-refractivity contribution in [2.24, 2.45) is 12.1 Å². The number of hydrazone groups is 1. The van der Waals surface area contributed by atoms with Gasteiger partial charge in [0.05, 0.1) is 18.8 Å². The molecule has 0 aliphatic carbocycles. The summed E-state index contributed by atoms with van der Waals surface area (Å²) in [5, 5.41) is 24.1. The Balaban J connectivity index is 1.90. The molecule has 0 aliphatic heterocycles. The van der Waals surface area contributed by atoms with Crippen LogP contribution in [0.15, 0.2) is 52.4 Å². The van der Waals surface area contributed by atoms with Crippen LogP contribution in [-0.2, 0) is 7.05 Å². The molecule has 0 atom stereocenters. The van der Waals surface area contributed by atoms with Gasteiger partial charge in [-0.05, 0) is 35.9 Å². The molecule has 3 aromatic rings. The maximum absolute atomic E-state index is 12.4. The van der Waals surface area contributed by atoms with Crippen LogP contribution < -0.4 is 15.7 Å². The Morgan fingerprint density at radius 1 is 1.22 bits per heavy atom. The number of pyridine rings is 1. The fourth-order valence-corrected chi connectivity index (χ4v) is 2.68. The lowest BCUT2D eigenvalue weighted by Crippen LogP contribution is -2.30. The second-order valence-corrected chi connectivity index (χ2v) is 5.74. The van der Waals surface area contributed by atoms with Crippen LogP contribution in [-0.4, -0.2) is 34.0 Å². The lowest BCUT2D eigenvalue weighted by Gasteiger charge is -2.10. The summed E-state index contributed by atoms with van der Waals surface area (Å²) in [5.41, 5.74) is 2.27. The molecule has 138 valence electrons. The molecule has 1 amide bonds. The Hall–Kier alpha value is -3.81. The molecule has 0 radical (unpaired) electrons. The van der Waals surface area contributed by atoms with Gasteiger partial charge in [-0.1, -0.05) is 12.1 Å². The number of hydrogen-bond donors (Lipinski definition) is 3. The molecule has 8 nitrogen and oxygen atoms in total. The van der Waals surface area contributed by atoms with Crippen LogP contribution in [0, 0.1) is 0 Å². The van der Waals surface area contributed by atoms with Gasteiger partial charge in [-0.15, -0.1) is 0 Å². The number of ether oxygens (including phenoxy) is 1. The zero-order valence-corrected chi connectivity index (χ0v) is 14.6. The minimum absolute atomic E-state index is 0.0248. The van der Waals surface area contributed by atoms with Gasteiger partial charge in [-0.25, -0.2) is 5.43 Å². The number of amides is 1. The zero-order chi connectivity index (χ0) is 19.6. The van der Waals surface area contributed by atoms with Gasteiger partial charge < -0.3 is 19.5 Å². The predicted molar refractivity (Wildman–Crippen MR) is 101 cm³/mol. The number of aromatic nitrogens is 1. The maximum atomic E-state index is 12.4. The summed E-state index contributed by atoms with van der Waals surface area (Å²) in [6, 6.07) is 11.2. The molecule has 0 spiro atoms. The lowest BCUT2D eigenvalue weighted by atomic mass is 10.1. The maximum Gasteiger partial charge on any atom is 0.280 e. The van der Waals surface area contributed by atoms with Gasteiger partial charge in [-0.3, -0.25) is 9.59 Å². The topological polar surface area (TPSA) is 113 Å². The highest BCUT2D eigenvalue weighted by molar-refractivity contribution is 6.02. The van der Waals surface area contributed by atoms with E-state index in [9.17, 15) is 19.8 Å². The summed E-state index contributed by atoms with van der Waals surface area (Å²) in [7, 11) is 2.93. The molecule has 0 aliphatic rings. The van der Waals surface area contributed by atoms with E-state index >= 15 is 0 Å². The molecular formula is C19H17N3O5. The molecule has 3 N–H and O–H groups in total. The number of benzene rings is 2. The molecule has 3 rings (SSSR count). The first kappa shape index (κ1) is 18.0. The highest BCUT2D eigenvalue weighted by atomic mass is 16.5. The Bertz CT molecular complexity index is 1120. The third-order valence-electron chi connectivity index (χ3n) is 4.09. The van der Waals surface area contributed by atoms with Crippen molar-refractivity contribution in [2.75, 3.05) is 7.11 Å². The molecular weight excluding hydrogens is 350 g/mol.